The monoisotopic (exact) mass is 228 g/mol. The Labute approximate surface area is 98.0 Å². The van der Waals surface area contributed by atoms with Crippen LogP contribution in [0.2, 0.25) is 0 Å². The summed E-state index contributed by atoms with van der Waals surface area (Å²) >= 11 is 0. The van der Waals surface area contributed by atoms with E-state index < -0.39 is 5.60 Å². The van der Waals surface area contributed by atoms with Gasteiger partial charge in [-0.15, -0.1) is 0 Å². The van der Waals surface area contributed by atoms with Crippen molar-refractivity contribution in [3.8, 4) is 0 Å². The zero-order valence-corrected chi connectivity index (χ0v) is 10.8. The summed E-state index contributed by atoms with van der Waals surface area (Å²) in [5, 5.41) is 12.9. The van der Waals surface area contributed by atoms with Crippen LogP contribution in [0.1, 0.15) is 34.1 Å². The van der Waals surface area contributed by atoms with Crippen LogP contribution in [0, 0.1) is 5.92 Å². The molecule has 0 radical (unpaired) electrons. The molecule has 0 aromatic heterocycles. The average Bonchev–Trinajstić information content (AvgIpc) is 2.14. The van der Waals surface area contributed by atoms with E-state index in [-0.39, 0.29) is 17.9 Å². The van der Waals surface area contributed by atoms with Crippen LogP contribution in [0.25, 0.3) is 0 Å². The van der Waals surface area contributed by atoms with Crippen LogP contribution in [-0.4, -0.2) is 47.2 Å². The van der Waals surface area contributed by atoms with Crippen molar-refractivity contribution >= 4 is 5.91 Å². The molecule has 0 aromatic carbocycles. The zero-order chi connectivity index (χ0) is 12.3. The number of hydrogen-bond donors (Lipinski definition) is 2. The average molecular weight is 228 g/mol. The predicted molar refractivity (Wildman–Crippen MR) is 64.1 cm³/mol. The normalized spacial score (nSPS) is 21.6. The molecule has 16 heavy (non-hydrogen) atoms. The summed E-state index contributed by atoms with van der Waals surface area (Å²) in [6, 6.07) is 0.234. The lowest BCUT2D eigenvalue weighted by atomic mass is 9.83. The molecule has 1 rings (SSSR count). The topological polar surface area (TPSA) is 52.6 Å². The van der Waals surface area contributed by atoms with Crippen LogP contribution < -0.4 is 5.32 Å². The van der Waals surface area contributed by atoms with Crippen molar-refractivity contribution in [2.45, 2.75) is 45.8 Å². The molecule has 1 amide bonds. The van der Waals surface area contributed by atoms with Gasteiger partial charge in [-0.1, -0.05) is 20.8 Å². The number of β-amino-alcohol motifs (C(OH)–C–C–N with tert-alkyl or cyclic N) is 1. The third-order valence-electron chi connectivity index (χ3n) is 3.46. The van der Waals surface area contributed by atoms with Crippen molar-refractivity contribution in [1.29, 1.82) is 0 Å². The Morgan fingerprint density at radius 2 is 2.00 bits per heavy atom. The molecular formula is C12H24N2O2. The van der Waals surface area contributed by atoms with Crippen LogP contribution in [-0.2, 0) is 4.79 Å². The van der Waals surface area contributed by atoms with E-state index in [2.05, 4.69) is 5.32 Å². The number of carbonyl (C=O) groups excluding carboxylic acids is 1. The lowest BCUT2D eigenvalue weighted by Gasteiger charge is -2.48. The molecule has 1 unspecified atom stereocenters. The fourth-order valence-corrected chi connectivity index (χ4v) is 1.83. The van der Waals surface area contributed by atoms with Gasteiger partial charge < -0.3 is 10.4 Å². The number of rotatable bonds is 5. The summed E-state index contributed by atoms with van der Waals surface area (Å²) in [7, 11) is 0. The van der Waals surface area contributed by atoms with Crippen LogP contribution in [0.5, 0.6) is 0 Å². The van der Waals surface area contributed by atoms with Crippen LogP contribution in [0.15, 0.2) is 0 Å². The molecule has 1 fully saturated rings. The third-order valence-corrected chi connectivity index (χ3v) is 3.46. The first-order valence-electron chi connectivity index (χ1n) is 6.11. The highest BCUT2D eigenvalue weighted by molar-refractivity contribution is 5.78. The third kappa shape index (κ3) is 3.19. The molecule has 4 nitrogen and oxygen atoms in total. The molecule has 0 aliphatic carbocycles. The van der Waals surface area contributed by atoms with E-state index in [1.807, 2.05) is 32.6 Å². The zero-order valence-electron chi connectivity index (χ0n) is 10.8. The van der Waals surface area contributed by atoms with E-state index in [9.17, 15) is 9.90 Å². The molecule has 1 heterocycles. The number of carbonyl (C=O) groups is 1. The van der Waals surface area contributed by atoms with Crippen molar-refractivity contribution in [2.24, 2.45) is 5.92 Å². The van der Waals surface area contributed by atoms with Crippen LogP contribution in [0.4, 0.5) is 0 Å². The summed E-state index contributed by atoms with van der Waals surface area (Å²) in [6.45, 7) is 9.69. The summed E-state index contributed by atoms with van der Waals surface area (Å²) in [6.07, 6.45) is 0.946. The molecule has 4 heteroatoms. The van der Waals surface area contributed by atoms with Gasteiger partial charge in [0.1, 0.15) is 0 Å². The minimum atomic E-state index is -0.587. The first kappa shape index (κ1) is 13.5. The second kappa shape index (κ2) is 5.15. The first-order valence-corrected chi connectivity index (χ1v) is 6.11. The largest absolute Gasteiger partial charge is 0.387 e. The maximum atomic E-state index is 11.6. The van der Waals surface area contributed by atoms with E-state index in [1.54, 1.807) is 0 Å². The van der Waals surface area contributed by atoms with Crippen molar-refractivity contribution in [3.63, 3.8) is 0 Å². The van der Waals surface area contributed by atoms with E-state index in [0.29, 0.717) is 19.6 Å². The molecule has 1 aliphatic heterocycles. The fourth-order valence-electron chi connectivity index (χ4n) is 1.83. The summed E-state index contributed by atoms with van der Waals surface area (Å²) in [5.41, 5.74) is -0.587. The van der Waals surface area contributed by atoms with Gasteiger partial charge in [-0.2, -0.15) is 0 Å². The molecule has 0 aromatic rings. The van der Waals surface area contributed by atoms with Gasteiger partial charge in [0.2, 0.25) is 5.91 Å². The van der Waals surface area contributed by atoms with E-state index in [0.717, 1.165) is 6.42 Å². The number of hydrogen-bond acceptors (Lipinski definition) is 3. The summed E-state index contributed by atoms with van der Waals surface area (Å²) < 4.78 is 0. The SMILES string of the molecule is CCC(C)NC(=O)CN1CC(O)(C(C)C)C1. The molecule has 1 aliphatic rings. The van der Waals surface area contributed by atoms with Crippen molar-refractivity contribution in [1.82, 2.24) is 10.2 Å². The molecular weight excluding hydrogens is 204 g/mol. The highest BCUT2D eigenvalue weighted by Gasteiger charge is 2.43. The van der Waals surface area contributed by atoms with Crippen molar-refractivity contribution < 1.29 is 9.90 Å². The Morgan fingerprint density at radius 3 is 2.44 bits per heavy atom. The molecule has 1 atom stereocenters. The number of amides is 1. The number of nitrogens with zero attached hydrogens (tertiary/aromatic N) is 1. The highest BCUT2D eigenvalue weighted by atomic mass is 16.3. The minimum absolute atomic E-state index is 0.0557. The van der Waals surface area contributed by atoms with E-state index >= 15 is 0 Å². The van der Waals surface area contributed by atoms with Gasteiger partial charge >= 0.3 is 0 Å². The second-order valence-electron chi connectivity index (χ2n) is 5.28. The molecule has 1 saturated heterocycles. The Balaban J connectivity index is 2.24. The Hall–Kier alpha value is -0.610. The quantitative estimate of drug-likeness (QED) is 0.724. The van der Waals surface area contributed by atoms with Crippen molar-refractivity contribution in [3.05, 3.63) is 0 Å². The lowest BCUT2D eigenvalue weighted by Crippen LogP contribution is -2.65. The van der Waals surface area contributed by atoms with Gasteiger partial charge in [0.05, 0.1) is 12.1 Å². The highest BCUT2D eigenvalue weighted by Crippen LogP contribution is 2.27. The lowest BCUT2D eigenvalue weighted by molar-refractivity contribution is -0.142. The number of likely N-dealkylation sites (tertiary alicyclic amines) is 1. The minimum Gasteiger partial charge on any atom is -0.387 e. The number of aliphatic hydroxyl groups is 1. The maximum absolute atomic E-state index is 11.6. The van der Waals surface area contributed by atoms with Crippen LogP contribution >= 0.6 is 0 Å². The predicted octanol–water partition coefficient (Wildman–Crippen LogP) is 0.604. The van der Waals surface area contributed by atoms with Gasteiger partial charge in [0.25, 0.3) is 0 Å². The standard InChI is InChI=1S/C12H24N2O2/c1-5-10(4)13-11(15)6-14-7-12(16,8-14)9(2)3/h9-10,16H,5-8H2,1-4H3,(H,13,15). The first-order chi connectivity index (χ1) is 7.37. The van der Waals surface area contributed by atoms with E-state index in [4.69, 9.17) is 0 Å². The Morgan fingerprint density at radius 1 is 1.44 bits per heavy atom. The summed E-state index contributed by atoms with van der Waals surface area (Å²) in [4.78, 5) is 13.5. The Bertz CT molecular complexity index is 247. The van der Waals surface area contributed by atoms with Gasteiger partial charge in [0, 0.05) is 19.1 Å². The van der Waals surface area contributed by atoms with Crippen LogP contribution in [0.3, 0.4) is 0 Å². The fraction of sp³-hybridized carbons (Fsp3) is 0.917. The molecule has 94 valence electrons. The Kier molecular flexibility index (Phi) is 4.33. The smallest absolute Gasteiger partial charge is 0.234 e. The molecule has 0 bridgehead atoms. The van der Waals surface area contributed by atoms with Gasteiger partial charge in [0.15, 0.2) is 0 Å². The van der Waals surface area contributed by atoms with Gasteiger partial charge in [-0.3, -0.25) is 9.69 Å². The number of nitrogens with one attached hydrogen (secondary N) is 1. The van der Waals surface area contributed by atoms with Gasteiger partial charge in [-0.05, 0) is 19.3 Å². The molecule has 2 N–H and O–H groups in total. The molecule has 0 saturated carbocycles. The van der Waals surface area contributed by atoms with E-state index in [1.165, 1.54) is 0 Å². The maximum Gasteiger partial charge on any atom is 0.234 e. The van der Waals surface area contributed by atoms with Crippen molar-refractivity contribution in [2.75, 3.05) is 19.6 Å². The second-order valence-corrected chi connectivity index (χ2v) is 5.28. The molecule has 0 spiro atoms. The summed E-state index contributed by atoms with van der Waals surface area (Å²) in [5.74, 6) is 0.307. The van der Waals surface area contributed by atoms with Gasteiger partial charge in [-0.25, -0.2) is 0 Å².